The number of carboxylic acid groups (broad SMARTS) is 2. The Kier molecular flexibility index (Phi) is 7.20. The zero-order valence-corrected chi connectivity index (χ0v) is 12.8. The van der Waals surface area contributed by atoms with E-state index in [9.17, 15) is 14.2 Å². The molecule has 0 saturated carbocycles. The van der Waals surface area contributed by atoms with E-state index in [2.05, 4.69) is 0 Å². The van der Waals surface area contributed by atoms with E-state index in [-0.39, 0.29) is 5.56 Å². The van der Waals surface area contributed by atoms with Crippen LogP contribution in [0, 0.1) is 5.41 Å². The summed E-state index contributed by atoms with van der Waals surface area (Å²) in [6.45, 7) is 0. The van der Waals surface area contributed by atoms with Gasteiger partial charge in [0.15, 0.2) is 5.96 Å². The largest absolute Gasteiger partial charge is 0.479 e. The zero-order chi connectivity index (χ0) is 18.4. The number of nitrogens with two attached hydrogens (primary N) is 2. The molecule has 11 nitrogen and oxygen atoms in total. The van der Waals surface area contributed by atoms with Gasteiger partial charge in [-0.2, -0.15) is 0 Å². The molecular weight excluding hydrogens is 331 g/mol. The summed E-state index contributed by atoms with van der Waals surface area (Å²) in [6.07, 6.45) is 0. The van der Waals surface area contributed by atoms with Crippen LogP contribution in [0.2, 0.25) is 0 Å². The summed E-state index contributed by atoms with van der Waals surface area (Å²) in [4.78, 5) is 38.4. The van der Waals surface area contributed by atoms with Gasteiger partial charge in [0, 0.05) is 12.7 Å². The van der Waals surface area contributed by atoms with E-state index in [1.54, 1.807) is 12.1 Å². The highest BCUT2D eigenvalue weighted by Crippen LogP contribution is 2.42. The molecule has 1 aromatic rings. The first-order valence-corrected chi connectivity index (χ1v) is 7.49. The number of benzene rings is 1. The Morgan fingerprint density at radius 2 is 1.65 bits per heavy atom. The van der Waals surface area contributed by atoms with E-state index in [0.717, 1.165) is 7.05 Å². The van der Waals surface area contributed by atoms with Gasteiger partial charge in [0.25, 0.3) is 0 Å². The van der Waals surface area contributed by atoms with Crippen molar-refractivity contribution in [3.63, 3.8) is 0 Å². The number of guanidine groups is 1. The van der Waals surface area contributed by atoms with Crippen LogP contribution in [0.4, 0.5) is 5.69 Å². The molecule has 0 aromatic heterocycles. The number of nitrogens with zero attached hydrogens (tertiary/aromatic N) is 1. The average molecular weight is 348 g/mol. The predicted molar refractivity (Wildman–Crippen MR) is 81.0 cm³/mol. The summed E-state index contributed by atoms with van der Waals surface area (Å²) in [5, 5.41) is 23.7. The monoisotopic (exact) mass is 348 g/mol. The SMILES string of the molecule is CN(C(=N)N)C(C(=O)O)P(=O)(O)O.Nc1ccc(C(=O)O)cc1. The van der Waals surface area contributed by atoms with Crippen LogP contribution < -0.4 is 11.5 Å². The molecule has 1 atom stereocenters. The first-order chi connectivity index (χ1) is 10.4. The van der Waals surface area contributed by atoms with E-state index in [1.165, 1.54) is 12.1 Å². The number of carboxylic acids is 2. The lowest BCUT2D eigenvalue weighted by Crippen LogP contribution is -2.45. The molecule has 0 aliphatic rings. The van der Waals surface area contributed by atoms with Crippen molar-refractivity contribution in [3.05, 3.63) is 29.8 Å². The van der Waals surface area contributed by atoms with Crippen LogP contribution in [0.3, 0.4) is 0 Å². The number of aromatic carboxylic acids is 1. The minimum Gasteiger partial charge on any atom is -0.479 e. The Bertz CT molecular complexity index is 628. The number of hydrogen-bond donors (Lipinski definition) is 7. The number of carbonyl (C=O) groups is 2. The molecule has 0 aliphatic heterocycles. The van der Waals surface area contributed by atoms with Crippen LogP contribution in [-0.2, 0) is 9.36 Å². The molecule has 128 valence electrons. The molecule has 0 fully saturated rings. The normalized spacial score (nSPS) is 11.6. The van der Waals surface area contributed by atoms with Crippen molar-refractivity contribution in [3.8, 4) is 0 Å². The van der Waals surface area contributed by atoms with Gasteiger partial charge in [0.05, 0.1) is 5.56 Å². The summed E-state index contributed by atoms with van der Waals surface area (Å²) in [5.41, 5.74) is 11.0. The fourth-order valence-electron chi connectivity index (χ4n) is 1.29. The Morgan fingerprint density at radius 3 is 1.87 bits per heavy atom. The van der Waals surface area contributed by atoms with Crippen molar-refractivity contribution in [2.45, 2.75) is 5.78 Å². The van der Waals surface area contributed by atoms with Crippen LogP contribution in [-0.4, -0.2) is 55.6 Å². The Hall–Kier alpha value is -2.62. The molecule has 9 N–H and O–H groups in total. The molecule has 23 heavy (non-hydrogen) atoms. The van der Waals surface area contributed by atoms with E-state index < -0.39 is 31.3 Å². The first kappa shape index (κ1) is 20.4. The lowest BCUT2D eigenvalue weighted by molar-refractivity contribution is -0.139. The van der Waals surface area contributed by atoms with Gasteiger partial charge < -0.3 is 36.4 Å². The Balaban J connectivity index is 0.000000433. The summed E-state index contributed by atoms with van der Waals surface area (Å²) < 4.78 is 10.6. The lowest BCUT2D eigenvalue weighted by Gasteiger charge is -2.24. The van der Waals surface area contributed by atoms with Crippen molar-refractivity contribution in [2.75, 3.05) is 12.8 Å². The maximum absolute atomic E-state index is 10.6. The molecule has 0 spiro atoms. The molecule has 12 heteroatoms. The van der Waals surface area contributed by atoms with Crippen molar-refractivity contribution < 1.29 is 34.2 Å². The fourth-order valence-corrected chi connectivity index (χ4v) is 2.16. The number of hydrogen-bond acceptors (Lipinski definition) is 5. The van der Waals surface area contributed by atoms with E-state index in [0.29, 0.717) is 10.6 Å². The van der Waals surface area contributed by atoms with Gasteiger partial charge in [0.1, 0.15) is 0 Å². The molecule has 0 radical (unpaired) electrons. The van der Waals surface area contributed by atoms with Crippen LogP contribution >= 0.6 is 7.60 Å². The van der Waals surface area contributed by atoms with Crippen LogP contribution in [0.5, 0.6) is 0 Å². The lowest BCUT2D eigenvalue weighted by atomic mass is 10.2. The van der Waals surface area contributed by atoms with Gasteiger partial charge in [-0.1, -0.05) is 0 Å². The maximum atomic E-state index is 10.6. The van der Waals surface area contributed by atoms with Crippen LogP contribution in [0.1, 0.15) is 10.4 Å². The van der Waals surface area contributed by atoms with Gasteiger partial charge >= 0.3 is 19.5 Å². The molecule has 0 bridgehead atoms. The minimum absolute atomic E-state index is 0.259. The molecule has 0 saturated heterocycles. The van der Waals surface area contributed by atoms with Crippen molar-refractivity contribution >= 4 is 31.2 Å². The number of anilines is 1. The van der Waals surface area contributed by atoms with Gasteiger partial charge in [-0.15, -0.1) is 0 Å². The molecule has 0 amide bonds. The maximum Gasteiger partial charge on any atom is 0.359 e. The molecular formula is C11H17N4O7P. The van der Waals surface area contributed by atoms with Crippen LogP contribution in [0.25, 0.3) is 0 Å². The molecule has 0 aliphatic carbocycles. The number of likely N-dealkylation sites (N-methyl/N-ethyl adjacent to an activating group) is 1. The van der Waals surface area contributed by atoms with Gasteiger partial charge in [0.2, 0.25) is 5.78 Å². The summed E-state index contributed by atoms with van der Waals surface area (Å²) in [7, 11) is -3.82. The van der Waals surface area contributed by atoms with E-state index in [4.69, 9.17) is 36.9 Å². The second-order valence-corrected chi connectivity index (χ2v) is 5.89. The molecule has 0 heterocycles. The summed E-state index contributed by atoms with van der Waals surface area (Å²) in [5.74, 6) is -5.49. The third-order valence-electron chi connectivity index (χ3n) is 2.44. The van der Waals surface area contributed by atoms with Crippen molar-refractivity contribution in [2.24, 2.45) is 5.73 Å². The summed E-state index contributed by atoms with van der Waals surface area (Å²) >= 11 is 0. The van der Waals surface area contributed by atoms with Crippen molar-refractivity contribution in [1.82, 2.24) is 4.90 Å². The second kappa shape index (κ2) is 8.13. The average Bonchev–Trinajstić information content (AvgIpc) is 2.37. The third-order valence-corrected chi connectivity index (χ3v) is 3.65. The quantitative estimate of drug-likeness (QED) is 0.158. The van der Waals surface area contributed by atoms with E-state index >= 15 is 0 Å². The van der Waals surface area contributed by atoms with Gasteiger partial charge in [-0.05, 0) is 24.3 Å². The smallest absolute Gasteiger partial charge is 0.359 e. The number of nitrogen functional groups attached to an aromatic ring is 1. The first-order valence-electron chi connectivity index (χ1n) is 5.81. The number of aliphatic carboxylic acids is 1. The Labute approximate surface area is 130 Å². The predicted octanol–water partition coefficient (Wildman–Crippen LogP) is -0.633. The topological polar surface area (TPSA) is 211 Å². The number of rotatable bonds is 4. The number of nitrogens with one attached hydrogen (secondary N) is 1. The van der Waals surface area contributed by atoms with Gasteiger partial charge in [-0.3, -0.25) is 9.97 Å². The Morgan fingerprint density at radius 1 is 1.22 bits per heavy atom. The van der Waals surface area contributed by atoms with E-state index in [1.807, 2.05) is 0 Å². The third kappa shape index (κ3) is 6.78. The fraction of sp³-hybridized carbons (Fsp3) is 0.182. The van der Waals surface area contributed by atoms with Crippen LogP contribution in [0.15, 0.2) is 24.3 Å². The van der Waals surface area contributed by atoms with Crippen molar-refractivity contribution in [1.29, 1.82) is 5.41 Å². The highest BCUT2D eigenvalue weighted by molar-refractivity contribution is 7.53. The summed E-state index contributed by atoms with van der Waals surface area (Å²) in [6, 6.07) is 6.06. The minimum atomic E-state index is -4.84. The molecule has 1 aromatic carbocycles. The highest BCUT2D eigenvalue weighted by atomic mass is 31.2. The second-order valence-electron chi connectivity index (χ2n) is 4.22. The zero-order valence-electron chi connectivity index (χ0n) is 11.9. The molecule has 1 rings (SSSR count). The standard InChI is InChI=1S/C7H7NO2.C4H10N3O5P/c8-6-3-1-5(2-4-6)7(9)10;1-7(4(5)6)2(3(8)9)13(10,11)12/h1-4H,8H2,(H,9,10);2H,1H3,(H3,5,6)(H,8,9)(H2,10,11,12). The van der Waals surface area contributed by atoms with Gasteiger partial charge in [-0.25, -0.2) is 9.59 Å². The molecule has 1 unspecified atom stereocenters. The highest BCUT2D eigenvalue weighted by Gasteiger charge is 2.40.